The molecule has 0 atom stereocenters. The number of pyridine rings is 1. The van der Waals surface area contributed by atoms with Crippen LogP contribution < -0.4 is 10.6 Å². The Hall–Kier alpha value is -3.07. The van der Waals surface area contributed by atoms with E-state index in [-0.39, 0.29) is 36.3 Å². The summed E-state index contributed by atoms with van der Waals surface area (Å²) < 4.78 is 39.5. The maximum Gasteiger partial charge on any atom is 0.417 e. The fraction of sp³-hybridized carbons (Fsp3) is 0.211. The van der Waals surface area contributed by atoms with Gasteiger partial charge in [0.15, 0.2) is 0 Å². The van der Waals surface area contributed by atoms with Crippen LogP contribution in [-0.2, 0) is 17.4 Å². The van der Waals surface area contributed by atoms with Gasteiger partial charge in [0.1, 0.15) is 5.82 Å². The van der Waals surface area contributed by atoms with Crippen molar-refractivity contribution < 1.29 is 18.0 Å². The Morgan fingerprint density at radius 1 is 1.14 bits per heavy atom. The monoisotopic (exact) mass is 423 g/mol. The van der Waals surface area contributed by atoms with Gasteiger partial charge in [-0.25, -0.2) is 9.67 Å². The third kappa shape index (κ3) is 5.71. The maximum atomic E-state index is 12.6. The second-order valence-corrected chi connectivity index (χ2v) is 6.54. The fourth-order valence-corrected chi connectivity index (χ4v) is 2.76. The average molecular weight is 424 g/mol. The van der Waals surface area contributed by atoms with Crippen molar-refractivity contribution in [2.75, 3.05) is 18.4 Å². The molecule has 6 nitrogen and oxygen atoms in total. The molecule has 0 unspecified atom stereocenters. The van der Waals surface area contributed by atoms with E-state index in [1.165, 1.54) is 0 Å². The summed E-state index contributed by atoms with van der Waals surface area (Å²) in [6.45, 7) is 0.512. The summed E-state index contributed by atoms with van der Waals surface area (Å²) in [6.07, 6.45) is -0.240. The van der Waals surface area contributed by atoms with Crippen molar-refractivity contribution >= 4 is 23.3 Å². The van der Waals surface area contributed by atoms with Gasteiger partial charge in [0.2, 0.25) is 5.91 Å². The third-order valence-electron chi connectivity index (χ3n) is 3.93. The molecule has 2 aromatic heterocycles. The van der Waals surface area contributed by atoms with E-state index < -0.39 is 11.7 Å². The number of hydrogen-bond acceptors (Lipinski definition) is 4. The highest BCUT2D eigenvalue weighted by Gasteiger charge is 2.31. The normalized spacial score (nSPS) is 11.3. The molecule has 2 heterocycles. The first-order valence-electron chi connectivity index (χ1n) is 8.65. The van der Waals surface area contributed by atoms with Gasteiger partial charge in [-0.3, -0.25) is 4.79 Å². The van der Waals surface area contributed by atoms with Gasteiger partial charge in [0, 0.05) is 25.5 Å². The van der Waals surface area contributed by atoms with Crippen LogP contribution in [0.3, 0.4) is 0 Å². The van der Waals surface area contributed by atoms with Crippen molar-refractivity contribution in [3.8, 4) is 5.69 Å². The second kappa shape index (κ2) is 8.95. The van der Waals surface area contributed by atoms with E-state index in [0.29, 0.717) is 6.20 Å². The number of halogens is 4. The zero-order chi connectivity index (χ0) is 20.9. The van der Waals surface area contributed by atoms with Gasteiger partial charge in [-0.2, -0.15) is 18.3 Å². The molecule has 1 aromatic carbocycles. The van der Waals surface area contributed by atoms with Crippen molar-refractivity contribution in [1.82, 2.24) is 20.1 Å². The molecule has 0 aliphatic rings. The van der Waals surface area contributed by atoms with Gasteiger partial charge in [-0.05, 0) is 23.8 Å². The minimum absolute atomic E-state index is 0.123. The number of hydrogen-bond donors (Lipinski definition) is 2. The first-order valence-corrected chi connectivity index (χ1v) is 9.03. The molecule has 152 valence electrons. The van der Waals surface area contributed by atoms with Crippen molar-refractivity contribution in [2.45, 2.75) is 12.6 Å². The summed E-state index contributed by atoms with van der Waals surface area (Å²) >= 11 is 5.82. The largest absolute Gasteiger partial charge is 0.417 e. The number of nitrogens with zero attached hydrogens (tertiary/aromatic N) is 3. The number of anilines is 1. The molecule has 1 amide bonds. The lowest BCUT2D eigenvalue weighted by Gasteiger charge is -2.11. The average Bonchev–Trinajstić information content (AvgIpc) is 3.14. The summed E-state index contributed by atoms with van der Waals surface area (Å²) in [4.78, 5) is 15.7. The van der Waals surface area contributed by atoms with Crippen LogP contribution in [-0.4, -0.2) is 33.8 Å². The Morgan fingerprint density at radius 2 is 1.90 bits per heavy atom. The number of para-hydroxylation sites is 1. The van der Waals surface area contributed by atoms with Crippen LogP contribution in [0.4, 0.5) is 19.0 Å². The molecule has 3 aromatic rings. The SMILES string of the molecule is O=C(Cc1cnn(-c2ccccc2)c1)NCCNc1ncc(C(F)(F)F)cc1Cl. The predicted octanol–water partition coefficient (Wildman–Crippen LogP) is 3.71. The molecule has 0 saturated carbocycles. The number of carbonyl (C=O) groups excluding carboxylic acids is 1. The molecule has 29 heavy (non-hydrogen) atoms. The highest BCUT2D eigenvalue weighted by molar-refractivity contribution is 6.32. The second-order valence-electron chi connectivity index (χ2n) is 6.13. The summed E-state index contributed by atoms with van der Waals surface area (Å²) in [5, 5.41) is 9.60. The van der Waals surface area contributed by atoms with Crippen LogP contribution in [0.2, 0.25) is 5.02 Å². The van der Waals surface area contributed by atoms with Gasteiger partial charge in [0.25, 0.3) is 0 Å². The first kappa shape index (κ1) is 20.7. The van der Waals surface area contributed by atoms with E-state index in [4.69, 9.17) is 11.6 Å². The highest BCUT2D eigenvalue weighted by Crippen LogP contribution is 2.32. The number of benzene rings is 1. The molecule has 0 bridgehead atoms. The molecule has 0 aliphatic heterocycles. The van der Waals surface area contributed by atoms with Crippen molar-refractivity contribution in [3.05, 3.63) is 71.1 Å². The van der Waals surface area contributed by atoms with Crippen LogP contribution in [0.5, 0.6) is 0 Å². The van der Waals surface area contributed by atoms with E-state index in [2.05, 4.69) is 20.7 Å². The zero-order valence-electron chi connectivity index (χ0n) is 15.1. The van der Waals surface area contributed by atoms with E-state index in [9.17, 15) is 18.0 Å². The van der Waals surface area contributed by atoms with Crippen LogP contribution >= 0.6 is 11.6 Å². The standard InChI is InChI=1S/C19H17ClF3N5O/c20-16-9-14(19(21,22)23)11-26-18(16)25-7-6-24-17(29)8-13-10-27-28(12-13)15-4-2-1-3-5-15/h1-5,9-12H,6-8H2,(H,24,29)(H,25,26). The molecule has 0 spiro atoms. The van der Waals surface area contributed by atoms with E-state index in [1.54, 1.807) is 17.1 Å². The molecule has 10 heteroatoms. The smallest absolute Gasteiger partial charge is 0.367 e. The zero-order valence-corrected chi connectivity index (χ0v) is 15.8. The number of amides is 1. The minimum atomic E-state index is -4.50. The lowest BCUT2D eigenvalue weighted by molar-refractivity contribution is -0.137. The molecule has 0 fully saturated rings. The van der Waals surface area contributed by atoms with Gasteiger partial charge in [-0.15, -0.1) is 0 Å². The van der Waals surface area contributed by atoms with Gasteiger partial charge in [0.05, 0.1) is 28.9 Å². The quantitative estimate of drug-likeness (QED) is 0.568. The molecule has 0 aliphatic carbocycles. The van der Waals surface area contributed by atoms with Gasteiger partial charge >= 0.3 is 6.18 Å². The number of aromatic nitrogens is 3. The number of nitrogens with one attached hydrogen (secondary N) is 2. The Labute approximate surface area is 169 Å². The summed E-state index contributed by atoms with van der Waals surface area (Å²) in [7, 11) is 0. The lowest BCUT2D eigenvalue weighted by atomic mass is 10.2. The summed E-state index contributed by atoms with van der Waals surface area (Å²) in [5.41, 5.74) is 0.730. The van der Waals surface area contributed by atoms with Crippen LogP contribution in [0, 0.1) is 0 Å². The number of rotatable bonds is 7. The molecule has 0 radical (unpaired) electrons. The van der Waals surface area contributed by atoms with Gasteiger partial charge < -0.3 is 10.6 Å². The van der Waals surface area contributed by atoms with Crippen molar-refractivity contribution in [3.63, 3.8) is 0 Å². The molecule has 0 saturated heterocycles. The fourth-order valence-electron chi connectivity index (χ4n) is 2.53. The topological polar surface area (TPSA) is 71.8 Å². The number of alkyl halides is 3. The van der Waals surface area contributed by atoms with Crippen LogP contribution in [0.25, 0.3) is 5.69 Å². The molecular weight excluding hydrogens is 407 g/mol. The number of carbonyl (C=O) groups is 1. The molecule has 2 N–H and O–H groups in total. The Morgan fingerprint density at radius 3 is 2.59 bits per heavy atom. The molecular formula is C19H17ClF3N5O. The summed E-state index contributed by atoms with van der Waals surface area (Å²) in [5.74, 6) is -0.0797. The Balaban J connectivity index is 1.44. The van der Waals surface area contributed by atoms with Crippen molar-refractivity contribution in [1.29, 1.82) is 0 Å². The summed E-state index contributed by atoms with van der Waals surface area (Å²) in [6, 6.07) is 10.3. The van der Waals surface area contributed by atoms with Crippen LogP contribution in [0.1, 0.15) is 11.1 Å². The Bertz CT molecular complexity index is 975. The Kier molecular flexibility index (Phi) is 6.38. The van der Waals surface area contributed by atoms with E-state index >= 15 is 0 Å². The molecule has 3 rings (SSSR count). The minimum Gasteiger partial charge on any atom is -0.367 e. The van der Waals surface area contributed by atoms with Gasteiger partial charge in [-0.1, -0.05) is 29.8 Å². The lowest BCUT2D eigenvalue weighted by Crippen LogP contribution is -2.30. The predicted molar refractivity (Wildman–Crippen MR) is 103 cm³/mol. The van der Waals surface area contributed by atoms with E-state index in [1.807, 2.05) is 30.3 Å². The van der Waals surface area contributed by atoms with Crippen LogP contribution in [0.15, 0.2) is 55.0 Å². The van der Waals surface area contributed by atoms with Crippen molar-refractivity contribution in [2.24, 2.45) is 0 Å². The third-order valence-corrected chi connectivity index (χ3v) is 4.22. The first-order chi connectivity index (χ1) is 13.8. The van der Waals surface area contributed by atoms with E-state index in [0.717, 1.165) is 17.3 Å². The highest BCUT2D eigenvalue weighted by atomic mass is 35.5. The maximum absolute atomic E-state index is 12.6.